The molecule has 2 heterocycles. The van der Waals surface area contributed by atoms with Gasteiger partial charge in [0.15, 0.2) is 5.82 Å². The number of nitrogens with zero attached hydrogens (tertiary/aromatic N) is 2. The summed E-state index contributed by atoms with van der Waals surface area (Å²) in [7, 11) is 0. The summed E-state index contributed by atoms with van der Waals surface area (Å²) in [4.78, 5) is 4.60. The lowest BCUT2D eigenvalue weighted by Crippen LogP contribution is -2.36. The second-order valence-corrected chi connectivity index (χ2v) is 6.20. The monoisotopic (exact) mass is 335 g/mol. The molecule has 5 heteroatoms. The maximum absolute atomic E-state index is 5.51. The van der Waals surface area contributed by atoms with Gasteiger partial charge in [0, 0.05) is 10.9 Å². The molecule has 4 nitrogen and oxygen atoms in total. The van der Waals surface area contributed by atoms with Crippen LogP contribution < -0.4 is 5.32 Å². The fourth-order valence-electron chi connectivity index (χ4n) is 2.75. The van der Waals surface area contributed by atoms with Crippen molar-refractivity contribution in [2.24, 2.45) is 0 Å². The van der Waals surface area contributed by atoms with E-state index in [2.05, 4.69) is 50.4 Å². The first kappa shape index (κ1) is 13.8. The van der Waals surface area contributed by atoms with Crippen LogP contribution in [0.5, 0.6) is 0 Å². The molecule has 3 rings (SSSR count). The normalized spacial score (nSPS) is 22.3. The maximum atomic E-state index is 5.51. The van der Waals surface area contributed by atoms with Gasteiger partial charge in [-0.05, 0) is 43.5 Å². The Labute approximate surface area is 127 Å². The molecule has 1 N–H and O–H groups in total. The van der Waals surface area contributed by atoms with Crippen LogP contribution in [0.2, 0.25) is 0 Å². The Balaban J connectivity index is 1.78. The van der Waals surface area contributed by atoms with Gasteiger partial charge in [0.25, 0.3) is 0 Å². The lowest BCUT2D eigenvalue weighted by atomic mass is 9.94. The topological polar surface area (TPSA) is 51.0 Å². The van der Waals surface area contributed by atoms with E-state index in [4.69, 9.17) is 4.52 Å². The Bertz CT molecular complexity index is 573. The van der Waals surface area contributed by atoms with E-state index in [1.54, 1.807) is 0 Å². The summed E-state index contributed by atoms with van der Waals surface area (Å²) < 4.78 is 6.58. The van der Waals surface area contributed by atoms with Gasteiger partial charge in [-0.1, -0.05) is 40.1 Å². The molecule has 0 saturated carbocycles. The van der Waals surface area contributed by atoms with Gasteiger partial charge >= 0.3 is 0 Å². The first-order chi connectivity index (χ1) is 9.72. The van der Waals surface area contributed by atoms with Crippen LogP contribution in [0.3, 0.4) is 0 Å². The van der Waals surface area contributed by atoms with E-state index < -0.39 is 0 Å². The van der Waals surface area contributed by atoms with E-state index in [1.807, 2.05) is 12.1 Å². The molecule has 0 bridgehead atoms. The van der Waals surface area contributed by atoms with Crippen LogP contribution >= 0.6 is 15.9 Å². The third kappa shape index (κ3) is 2.65. The highest BCUT2D eigenvalue weighted by molar-refractivity contribution is 9.10. The zero-order chi connectivity index (χ0) is 14.0. The van der Waals surface area contributed by atoms with E-state index >= 15 is 0 Å². The molecular formula is C15H18BrN3O. The van der Waals surface area contributed by atoms with Crippen molar-refractivity contribution in [1.29, 1.82) is 0 Å². The second-order valence-electron chi connectivity index (χ2n) is 5.28. The number of aromatic nitrogens is 2. The van der Waals surface area contributed by atoms with Crippen LogP contribution in [0.4, 0.5) is 0 Å². The molecule has 0 spiro atoms. The average molecular weight is 336 g/mol. The Kier molecular flexibility index (Phi) is 3.89. The van der Waals surface area contributed by atoms with E-state index in [0.29, 0.717) is 6.42 Å². The zero-order valence-electron chi connectivity index (χ0n) is 11.5. The third-order valence-electron chi connectivity index (χ3n) is 4.00. The molecule has 1 saturated heterocycles. The number of rotatable bonds is 4. The maximum Gasteiger partial charge on any atom is 0.246 e. The number of nitrogens with one attached hydrogen (secondary N) is 1. The molecular weight excluding hydrogens is 318 g/mol. The summed E-state index contributed by atoms with van der Waals surface area (Å²) in [6.45, 7) is 3.19. The fourth-order valence-corrected chi connectivity index (χ4v) is 3.01. The Hall–Kier alpha value is -1.20. The molecule has 1 aliphatic rings. The standard InChI is InChI=1S/C15H18BrN3O/c1-2-15(8-3-9-17-15)14-18-13(19-20-14)10-11-4-6-12(16)7-5-11/h4-7,17H,2-3,8-10H2,1H3. The minimum Gasteiger partial charge on any atom is -0.337 e. The minimum absolute atomic E-state index is 0.106. The molecule has 106 valence electrons. The van der Waals surface area contributed by atoms with Crippen molar-refractivity contribution >= 4 is 15.9 Å². The van der Waals surface area contributed by atoms with Crippen molar-refractivity contribution in [2.75, 3.05) is 6.54 Å². The van der Waals surface area contributed by atoms with Gasteiger partial charge in [-0.2, -0.15) is 4.98 Å². The summed E-state index contributed by atoms with van der Waals surface area (Å²) in [5.74, 6) is 1.49. The number of benzene rings is 1. The van der Waals surface area contributed by atoms with Crippen LogP contribution in [0.15, 0.2) is 33.3 Å². The van der Waals surface area contributed by atoms with E-state index in [-0.39, 0.29) is 5.54 Å². The summed E-state index contributed by atoms with van der Waals surface area (Å²) >= 11 is 3.44. The molecule has 1 aromatic carbocycles. The lowest BCUT2D eigenvalue weighted by Gasteiger charge is -2.22. The highest BCUT2D eigenvalue weighted by atomic mass is 79.9. The highest BCUT2D eigenvalue weighted by Crippen LogP contribution is 2.32. The first-order valence-electron chi connectivity index (χ1n) is 7.04. The molecule has 2 aromatic rings. The van der Waals surface area contributed by atoms with Crippen LogP contribution in [-0.4, -0.2) is 16.7 Å². The molecule has 0 amide bonds. The van der Waals surface area contributed by atoms with Crippen molar-refractivity contribution in [3.8, 4) is 0 Å². The van der Waals surface area contributed by atoms with Crippen molar-refractivity contribution < 1.29 is 4.52 Å². The molecule has 1 unspecified atom stereocenters. The predicted molar refractivity (Wildman–Crippen MR) is 80.5 cm³/mol. The second kappa shape index (κ2) is 5.66. The van der Waals surface area contributed by atoms with Crippen molar-refractivity contribution in [3.05, 3.63) is 46.0 Å². The molecule has 1 aromatic heterocycles. The third-order valence-corrected chi connectivity index (χ3v) is 4.53. The van der Waals surface area contributed by atoms with E-state index in [0.717, 1.165) is 42.0 Å². The Morgan fingerprint density at radius 3 is 2.80 bits per heavy atom. The van der Waals surface area contributed by atoms with Gasteiger partial charge in [0.1, 0.15) is 0 Å². The van der Waals surface area contributed by atoms with Gasteiger partial charge in [-0.15, -0.1) is 0 Å². The molecule has 0 aliphatic carbocycles. The average Bonchev–Trinajstić information content (AvgIpc) is 3.11. The highest BCUT2D eigenvalue weighted by Gasteiger charge is 2.38. The first-order valence-corrected chi connectivity index (χ1v) is 7.84. The molecule has 1 atom stereocenters. The van der Waals surface area contributed by atoms with E-state index in [9.17, 15) is 0 Å². The summed E-state index contributed by atoms with van der Waals surface area (Å²) in [6, 6.07) is 8.21. The molecule has 1 fully saturated rings. The molecule has 20 heavy (non-hydrogen) atoms. The van der Waals surface area contributed by atoms with Crippen molar-refractivity contribution in [3.63, 3.8) is 0 Å². The number of hydrogen-bond acceptors (Lipinski definition) is 4. The number of hydrogen-bond donors (Lipinski definition) is 1. The summed E-state index contributed by atoms with van der Waals surface area (Å²) in [5, 5.41) is 7.65. The summed E-state index contributed by atoms with van der Waals surface area (Å²) in [5.41, 5.74) is 1.08. The van der Waals surface area contributed by atoms with Crippen LogP contribution in [0.1, 0.15) is 43.5 Å². The van der Waals surface area contributed by atoms with Crippen LogP contribution in [-0.2, 0) is 12.0 Å². The van der Waals surface area contributed by atoms with Gasteiger partial charge in [-0.3, -0.25) is 0 Å². The number of halogens is 1. The van der Waals surface area contributed by atoms with Crippen LogP contribution in [0, 0.1) is 0 Å². The molecule has 1 aliphatic heterocycles. The predicted octanol–water partition coefficient (Wildman–Crippen LogP) is 3.41. The van der Waals surface area contributed by atoms with Crippen molar-refractivity contribution in [2.45, 2.75) is 38.1 Å². The van der Waals surface area contributed by atoms with Gasteiger partial charge in [0.05, 0.1) is 5.54 Å². The van der Waals surface area contributed by atoms with Crippen molar-refractivity contribution in [1.82, 2.24) is 15.5 Å². The SMILES string of the molecule is CCC1(c2nc(Cc3ccc(Br)cc3)no2)CCCN1. The van der Waals surface area contributed by atoms with Gasteiger partial charge in [0.2, 0.25) is 5.89 Å². The minimum atomic E-state index is -0.106. The summed E-state index contributed by atoms with van der Waals surface area (Å²) in [6.07, 6.45) is 3.92. The Morgan fingerprint density at radius 2 is 2.15 bits per heavy atom. The molecule has 0 radical (unpaired) electrons. The largest absolute Gasteiger partial charge is 0.337 e. The van der Waals surface area contributed by atoms with Gasteiger partial charge < -0.3 is 9.84 Å². The fraction of sp³-hybridized carbons (Fsp3) is 0.467. The Morgan fingerprint density at radius 1 is 1.35 bits per heavy atom. The van der Waals surface area contributed by atoms with Crippen LogP contribution in [0.25, 0.3) is 0 Å². The zero-order valence-corrected chi connectivity index (χ0v) is 13.1. The lowest BCUT2D eigenvalue weighted by molar-refractivity contribution is 0.249. The van der Waals surface area contributed by atoms with E-state index in [1.165, 1.54) is 5.56 Å². The quantitative estimate of drug-likeness (QED) is 0.930. The smallest absolute Gasteiger partial charge is 0.246 e. The van der Waals surface area contributed by atoms with Gasteiger partial charge in [-0.25, -0.2) is 0 Å².